The fourth-order valence-electron chi connectivity index (χ4n) is 1.86. The fourth-order valence-corrected chi connectivity index (χ4v) is 1.86. The second-order valence-corrected chi connectivity index (χ2v) is 4.06. The minimum Gasteiger partial charge on any atom is -0.396 e. The number of aliphatic hydroxyl groups excluding tert-OH is 1. The molecule has 0 amide bonds. The van der Waals surface area contributed by atoms with Crippen LogP contribution in [-0.2, 0) is 12.6 Å². The van der Waals surface area contributed by atoms with Crippen LogP contribution in [0, 0.1) is 0 Å². The molecule has 0 aliphatic rings. The second-order valence-electron chi connectivity index (χ2n) is 4.06. The third-order valence-electron chi connectivity index (χ3n) is 2.74. The molecule has 5 heteroatoms. The lowest BCUT2D eigenvalue weighted by molar-refractivity contribution is -0.137. The van der Waals surface area contributed by atoms with Gasteiger partial charge in [-0.3, -0.25) is 4.98 Å². The van der Waals surface area contributed by atoms with Crippen LogP contribution in [0.5, 0.6) is 0 Å². The van der Waals surface area contributed by atoms with E-state index in [4.69, 9.17) is 5.11 Å². The highest BCUT2D eigenvalue weighted by atomic mass is 19.4. The number of nitrogens with zero attached hydrogens (tertiary/aromatic N) is 1. The number of hydrogen-bond donors (Lipinski definition) is 1. The van der Waals surface area contributed by atoms with E-state index in [9.17, 15) is 13.2 Å². The van der Waals surface area contributed by atoms with Crippen molar-refractivity contribution in [2.75, 3.05) is 6.61 Å². The van der Waals surface area contributed by atoms with Crippen LogP contribution in [0.15, 0.2) is 42.6 Å². The summed E-state index contributed by atoms with van der Waals surface area (Å²) < 4.78 is 38.0. The number of benzene rings is 1. The van der Waals surface area contributed by atoms with Crippen LogP contribution in [0.25, 0.3) is 11.3 Å². The summed E-state index contributed by atoms with van der Waals surface area (Å²) >= 11 is 0. The molecule has 1 aromatic carbocycles. The zero-order valence-electron chi connectivity index (χ0n) is 9.98. The molecule has 2 nitrogen and oxygen atoms in total. The van der Waals surface area contributed by atoms with Gasteiger partial charge >= 0.3 is 6.18 Å². The molecule has 0 radical (unpaired) electrons. The fraction of sp³-hybridized carbons (Fsp3) is 0.214. The van der Waals surface area contributed by atoms with Crippen LogP contribution in [0.1, 0.15) is 11.1 Å². The Balaban J connectivity index is 2.48. The SMILES string of the molecule is OCCc1cccnc1-c1cccc(C(F)(F)F)c1. The van der Waals surface area contributed by atoms with Gasteiger partial charge in [-0.15, -0.1) is 0 Å². The minimum absolute atomic E-state index is 0.0718. The molecule has 1 aromatic heterocycles. The molecule has 1 heterocycles. The highest BCUT2D eigenvalue weighted by molar-refractivity contribution is 5.64. The van der Waals surface area contributed by atoms with Gasteiger partial charge in [0.05, 0.1) is 11.3 Å². The van der Waals surface area contributed by atoms with Crippen LogP contribution in [0.2, 0.25) is 0 Å². The Morgan fingerprint density at radius 2 is 1.89 bits per heavy atom. The van der Waals surface area contributed by atoms with Crippen molar-refractivity contribution < 1.29 is 18.3 Å². The molecule has 0 bridgehead atoms. The summed E-state index contributed by atoms with van der Waals surface area (Å²) in [5.41, 5.74) is 0.899. The van der Waals surface area contributed by atoms with Crippen molar-refractivity contribution in [2.45, 2.75) is 12.6 Å². The van der Waals surface area contributed by atoms with E-state index in [2.05, 4.69) is 4.98 Å². The van der Waals surface area contributed by atoms with Gasteiger partial charge in [0.25, 0.3) is 0 Å². The number of aromatic nitrogens is 1. The lowest BCUT2D eigenvalue weighted by atomic mass is 10.0. The van der Waals surface area contributed by atoms with Gasteiger partial charge in [-0.2, -0.15) is 13.2 Å². The van der Waals surface area contributed by atoms with Crippen molar-refractivity contribution in [1.29, 1.82) is 0 Å². The molecule has 0 saturated heterocycles. The predicted octanol–water partition coefficient (Wildman–Crippen LogP) is 3.30. The maximum Gasteiger partial charge on any atom is 0.416 e. The normalized spacial score (nSPS) is 11.6. The summed E-state index contributed by atoms with van der Waals surface area (Å²) in [6, 6.07) is 8.48. The van der Waals surface area contributed by atoms with Gasteiger partial charge in [0, 0.05) is 18.4 Å². The van der Waals surface area contributed by atoms with Crippen molar-refractivity contribution in [1.82, 2.24) is 4.98 Å². The number of alkyl halides is 3. The maximum atomic E-state index is 12.7. The van der Waals surface area contributed by atoms with Crippen LogP contribution >= 0.6 is 0 Å². The summed E-state index contributed by atoms with van der Waals surface area (Å²) in [7, 11) is 0. The average molecular weight is 267 g/mol. The first-order valence-corrected chi connectivity index (χ1v) is 5.75. The van der Waals surface area contributed by atoms with Crippen molar-refractivity contribution in [3.63, 3.8) is 0 Å². The molecule has 0 spiro atoms. The lowest BCUT2D eigenvalue weighted by Gasteiger charge is -2.11. The molecule has 0 aliphatic heterocycles. The zero-order chi connectivity index (χ0) is 13.9. The molecule has 19 heavy (non-hydrogen) atoms. The van der Waals surface area contributed by atoms with Crippen LogP contribution in [0.3, 0.4) is 0 Å². The molecule has 0 atom stereocenters. The maximum absolute atomic E-state index is 12.7. The first-order chi connectivity index (χ1) is 9.02. The molecular formula is C14H12F3NO. The minimum atomic E-state index is -4.37. The summed E-state index contributed by atoms with van der Waals surface area (Å²) in [6.07, 6.45) is -2.49. The van der Waals surface area contributed by atoms with E-state index < -0.39 is 11.7 Å². The monoisotopic (exact) mass is 267 g/mol. The molecule has 0 saturated carbocycles. The number of pyridine rings is 1. The smallest absolute Gasteiger partial charge is 0.396 e. The van der Waals surface area contributed by atoms with Crippen molar-refractivity contribution in [3.05, 3.63) is 53.7 Å². The molecule has 0 fully saturated rings. The Hall–Kier alpha value is -1.88. The Labute approximate surface area is 108 Å². The molecular weight excluding hydrogens is 255 g/mol. The Morgan fingerprint density at radius 1 is 1.11 bits per heavy atom. The number of halogens is 3. The molecule has 0 aliphatic carbocycles. The van der Waals surface area contributed by atoms with Crippen LogP contribution in [-0.4, -0.2) is 16.7 Å². The number of rotatable bonds is 3. The molecule has 2 aromatic rings. The summed E-state index contributed by atoms with van der Waals surface area (Å²) in [5.74, 6) is 0. The van der Waals surface area contributed by atoms with Gasteiger partial charge in [0.15, 0.2) is 0 Å². The quantitative estimate of drug-likeness (QED) is 0.925. The van der Waals surface area contributed by atoms with Gasteiger partial charge in [-0.05, 0) is 30.2 Å². The van der Waals surface area contributed by atoms with Crippen molar-refractivity contribution in [3.8, 4) is 11.3 Å². The molecule has 2 rings (SSSR count). The summed E-state index contributed by atoms with van der Waals surface area (Å²) in [4.78, 5) is 4.11. The Morgan fingerprint density at radius 3 is 2.58 bits per heavy atom. The van der Waals surface area contributed by atoms with E-state index >= 15 is 0 Å². The van der Waals surface area contributed by atoms with Gasteiger partial charge in [0.2, 0.25) is 0 Å². The van der Waals surface area contributed by atoms with Gasteiger partial charge in [0.1, 0.15) is 0 Å². The Kier molecular flexibility index (Phi) is 3.85. The van der Waals surface area contributed by atoms with E-state index in [1.165, 1.54) is 12.3 Å². The van der Waals surface area contributed by atoms with Gasteiger partial charge in [-0.1, -0.05) is 18.2 Å². The van der Waals surface area contributed by atoms with E-state index in [0.29, 0.717) is 17.7 Å². The zero-order valence-corrected chi connectivity index (χ0v) is 9.98. The van der Waals surface area contributed by atoms with Gasteiger partial charge < -0.3 is 5.11 Å². The second kappa shape index (κ2) is 5.40. The highest BCUT2D eigenvalue weighted by Crippen LogP contribution is 2.32. The lowest BCUT2D eigenvalue weighted by Crippen LogP contribution is -2.05. The third kappa shape index (κ3) is 3.12. The third-order valence-corrected chi connectivity index (χ3v) is 2.74. The standard InChI is InChI=1S/C14H12F3NO/c15-14(16,17)12-5-1-3-11(9-12)13-10(6-8-19)4-2-7-18-13/h1-5,7,9,19H,6,8H2. The summed E-state index contributed by atoms with van der Waals surface area (Å²) in [6.45, 7) is -0.0718. The van der Waals surface area contributed by atoms with Crippen molar-refractivity contribution >= 4 is 0 Å². The molecule has 0 unspecified atom stereocenters. The van der Waals surface area contributed by atoms with Crippen molar-refractivity contribution in [2.24, 2.45) is 0 Å². The largest absolute Gasteiger partial charge is 0.416 e. The highest BCUT2D eigenvalue weighted by Gasteiger charge is 2.30. The van der Waals surface area contributed by atoms with Gasteiger partial charge in [-0.25, -0.2) is 0 Å². The number of aliphatic hydroxyl groups is 1. The van der Waals surface area contributed by atoms with E-state index in [1.54, 1.807) is 18.2 Å². The first kappa shape index (κ1) is 13.5. The van der Waals surface area contributed by atoms with Crippen LogP contribution in [0.4, 0.5) is 13.2 Å². The van der Waals surface area contributed by atoms with E-state index in [-0.39, 0.29) is 6.61 Å². The molecule has 1 N–H and O–H groups in total. The summed E-state index contributed by atoms with van der Waals surface area (Å²) in [5, 5.41) is 8.97. The predicted molar refractivity (Wildman–Crippen MR) is 65.5 cm³/mol. The van der Waals surface area contributed by atoms with E-state index in [0.717, 1.165) is 17.7 Å². The topological polar surface area (TPSA) is 33.1 Å². The van der Waals surface area contributed by atoms with Crippen LogP contribution < -0.4 is 0 Å². The molecule has 100 valence electrons. The van der Waals surface area contributed by atoms with E-state index in [1.807, 2.05) is 0 Å². The average Bonchev–Trinajstić information content (AvgIpc) is 2.39. The number of hydrogen-bond acceptors (Lipinski definition) is 2. The first-order valence-electron chi connectivity index (χ1n) is 5.75. The Bertz CT molecular complexity index is 567.